The standard InChI is InChI=1S/C10H18N4/c1-2-8-12-9(14-13-8)6-10(7-11)4-3-5-10/h2-7,11H2,1H3,(H,12,13,14). The Bertz CT molecular complexity index is 295. The van der Waals surface area contributed by atoms with Crippen LogP contribution in [0.2, 0.25) is 0 Å². The van der Waals surface area contributed by atoms with Gasteiger partial charge in [0, 0.05) is 12.8 Å². The fourth-order valence-corrected chi connectivity index (χ4v) is 2.06. The lowest BCUT2D eigenvalue weighted by atomic mass is 9.66. The van der Waals surface area contributed by atoms with Crippen LogP contribution in [-0.2, 0) is 12.8 Å². The van der Waals surface area contributed by atoms with E-state index in [2.05, 4.69) is 22.1 Å². The second kappa shape index (κ2) is 3.69. The SMILES string of the molecule is CCc1n[nH]c(CC2(CN)CCC2)n1. The highest BCUT2D eigenvalue weighted by molar-refractivity contribution is 4.99. The van der Waals surface area contributed by atoms with Crippen molar-refractivity contribution < 1.29 is 0 Å². The van der Waals surface area contributed by atoms with Crippen LogP contribution in [-0.4, -0.2) is 21.7 Å². The van der Waals surface area contributed by atoms with Crippen molar-refractivity contribution in [2.45, 2.75) is 39.0 Å². The monoisotopic (exact) mass is 194 g/mol. The Morgan fingerprint density at radius 3 is 2.71 bits per heavy atom. The third kappa shape index (κ3) is 1.66. The number of H-pyrrole nitrogens is 1. The van der Waals surface area contributed by atoms with Crippen molar-refractivity contribution in [1.82, 2.24) is 15.2 Å². The Morgan fingerprint density at radius 1 is 1.50 bits per heavy atom. The van der Waals surface area contributed by atoms with E-state index in [9.17, 15) is 0 Å². The first kappa shape index (κ1) is 9.65. The first-order valence-electron chi connectivity index (χ1n) is 5.38. The first-order valence-corrected chi connectivity index (χ1v) is 5.38. The highest BCUT2D eigenvalue weighted by atomic mass is 15.2. The molecule has 1 aromatic heterocycles. The zero-order chi connectivity index (χ0) is 10.0. The normalized spacial score (nSPS) is 19.3. The number of hydrogen-bond donors (Lipinski definition) is 2. The number of rotatable bonds is 4. The summed E-state index contributed by atoms with van der Waals surface area (Å²) in [6.45, 7) is 2.84. The minimum atomic E-state index is 0.324. The summed E-state index contributed by atoms with van der Waals surface area (Å²) in [7, 11) is 0. The Hall–Kier alpha value is -0.900. The van der Waals surface area contributed by atoms with E-state index >= 15 is 0 Å². The third-order valence-corrected chi connectivity index (χ3v) is 3.28. The molecular formula is C10H18N4. The van der Waals surface area contributed by atoms with Crippen molar-refractivity contribution in [2.24, 2.45) is 11.1 Å². The fourth-order valence-electron chi connectivity index (χ4n) is 2.06. The lowest BCUT2D eigenvalue weighted by Gasteiger charge is -2.40. The number of nitrogens with zero attached hydrogens (tertiary/aromatic N) is 2. The molecule has 0 spiro atoms. The summed E-state index contributed by atoms with van der Waals surface area (Å²) in [6.07, 6.45) is 5.66. The summed E-state index contributed by atoms with van der Waals surface area (Å²) < 4.78 is 0. The molecule has 78 valence electrons. The molecule has 0 radical (unpaired) electrons. The summed E-state index contributed by atoms with van der Waals surface area (Å²) in [4.78, 5) is 4.42. The van der Waals surface area contributed by atoms with Crippen LogP contribution in [0.4, 0.5) is 0 Å². The molecule has 1 heterocycles. The van der Waals surface area contributed by atoms with Gasteiger partial charge in [-0.1, -0.05) is 13.3 Å². The van der Waals surface area contributed by atoms with Crippen molar-refractivity contribution in [1.29, 1.82) is 0 Å². The molecular weight excluding hydrogens is 176 g/mol. The van der Waals surface area contributed by atoms with Gasteiger partial charge in [-0.2, -0.15) is 5.10 Å². The van der Waals surface area contributed by atoms with Gasteiger partial charge in [-0.25, -0.2) is 4.98 Å². The maximum Gasteiger partial charge on any atom is 0.150 e. The van der Waals surface area contributed by atoms with Crippen LogP contribution >= 0.6 is 0 Å². The maximum absolute atomic E-state index is 5.79. The van der Waals surface area contributed by atoms with Crippen LogP contribution in [0.25, 0.3) is 0 Å². The van der Waals surface area contributed by atoms with Gasteiger partial charge in [-0.3, -0.25) is 5.10 Å². The van der Waals surface area contributed by atoms with Crippen LogP contribution in [0.15, 0.2) is 0 Å². The molecule has 3 N–H and O–H groups in total. The molecule has 0 amide bonds. The van der Waals surface area contributed by atoms with Gasteiger partial charge in [0.05, 0.1) is 0 Å². The van der Waals surface area contributed by atoms with Crippen LogP contribution in [0.5, 0.6) is 0 Å². The molecule has 0 bridgehead atoms. The Kier molecular flexibility index (Phi) is 2.54. The fraction of sp³-hybridized carbons (Fsp3) is 0.800. The highest BCUT2D eigenvalue weighted by Gasteiger charge is 2.36. The number of nitrogens with one attached hydrogen (secondary N) is 1. The van der Waals surface area contributed by atoms with E-state index in [-0.39, 0.29) is 0 Å². The summed E-state index contributed by atoms with van der Waals surface area (Å²) in [6, 6.07) is 0. The zero-order valence-electron chi connectivity index (χ0n) is 8.71. The molecule has 1 saturated carbocycles. The Morgan fingerprint density at radius 2 is 2.29 bits per heavy atom. The van der Waals surface area contributed by atoms with E-state index in [0.29, 0.717) is 5.41 Å². The van der Waals surface area contributed by atoms with Gasteiger partial charge in [0.15, 0.2) is 0 Å². The molecule has 14 heavy (non-hydrogen) atoms. The van der Waals surface area contributed by atoms with Crippen LogP contribution < -0.4 is 5.73 Å². The van der Waals surface area contributed by atoms with Gasteiger partial charge < -0.3 is 5.73 Å². The molecule has 1 aliphatic rings. The molecule has 0 aromatic carbocycles. The van der Waals surface area contributed by atoms with Gasteiger partial charge in [-0.15, -0.1) is 0 Å². The summed E-state index contributed by atoms with van der Waals surface area (Å²) in [5.41, 5.74) is 6.12. The maximum atomic E-state index is 5.79. The second-order valence-electron chi connectivity index (χ2n) is 4.29. The van der Waals surface area contributed by atoms with Gasteiger partial charge in [0.25, 0.3) is 0 Å². The van der Waals surface area contributed by atoms with E-state index in [1.165, 1.54) is 19.3 Å². The van der Waals surface area contributed by atoms with Gasteiger partial charge in [0.1, 0.15) is 11.6 Å². The third-order valence-electron chi connectivity index (χ3n) is 3.28. The van der Waals surface area contributed by atoms with E-state index in [4.69, 9.17) is 5.73 Å². The molecule has 4 heteroatoms. The van der Waals surface area contributed by atoms with Gasteiger partial charge in [0.2, 0.25) is 0 Å². The van der Waals surface area contributed by atoms with E-state index in [0.717, 1.165) is 31.0 Å². The quantitative estimate of drug-likeness (QED) is 0.752. The number of aromatic amines is 1. The average Bonchev–Trinajstić information content (AvgIpc) is 2.59. The molecule has 4 nitrogen and oxygen atoms in total. The van der Waals surface area contributed by atoms with Crippen molar-refractivity contribution in [2.75, 3.05) is 6.54 Å². The van der Waals surface area contributed by atoms with Crippen molar-refractivity contribution >= 4 is 0 Å². The molecule has 0 atom stereocenters. The predicted octanol–water partition coefficient (Wildman–Crippen LogP) is 1.04. The second-order valence-corrected chi connectivity index (χ2v) is 4.29. The van der Waals surface area contributed by atoms with Crippen LogP contribution in [0.3, 0.4) is 0 Å². The molecule has 2 rings (SSSR count). The van der Waals surface area contributed by atoms with Gasteiger partial charge in [-0.05, 0) is 24.8 Å². The predicted molar refractivity (Wildman–Crippen MR) is 54.8 cm³/mol. The number of aryl methyl sites for hydroxylation is 1. The van der Waals surface area contributed by atoms with Gasteiger partial charge >= 0.3 is 0 Å². The molecule has 1 aliphatic carbocycles. The summed E-state index contributed by atoms with van der Waals surface area (Å²) in [5.74, 6) is 1.92. The van der Waals surface area contributed by atoms with E-state index in [1.807, 2.05) is 0 Å². The molecule has 0 unspecified atom stereocenters. The van der Waals surface area contributed by atoms with Crippen LogP contribution in [0, 0.1) is 5.41 Å². The first-order chi connectivity index (χ1) is 6.78. The lowest BCUT2D eigenvalue weighted by Crippen LogP contribution is -2.39. The van der Waals surface area contributed by atoms with Crippen LogP contribution in [0.1, 0.15) is 37.8 Å². The number of aromatic nitrogens is 3. The largest absolute Gasteiger partial charge is 0.330 e. The molecule has 1 aromatic rings. The van der Waals surface area contributed by atoms with Crippen molar-refractivity contribution in [3.8, 4) is 0 Å². The molecule has 0 saturated heterocycles. The van der Waals surface area contributed by atoms with E-state index in [1.54, 1.807) is 0 Å². The average molecular weight is 194 g/mol. The molecule has 1 fully saturated rings. The summed E-state index contributed by atoms with van der Waals surface area (Å²) in [5, 5.41) is 7.13. The minimum absolute atomic E-state index is 0.324. The summed E-state index contributed by atoms with van der Waals surface area (Å²) >= 11 is 0. The zero-order valence-corrected chi connectivity index (χ0v) is 8.71. The smallest absolute Gasteiger partial charge is 0.150 e. The lowest BCUT2D eigenvalue weighted by molar-refractivity contribution is 0.141. The van der Waals surface area contributed by atoms with Crippen molar-refractivity contribution in [3.63, 3.8) is 0 Å². The Balaban J connectivity index is 2.02. The number of nitrogens with two attached hydrogens (primary N) is 1. The Labute approximate surface area is 84.3 Å². The topological polar surface area (TPSA) is 67.6 Å². The highest BCUT2D eigenvalue weighted by Crippen LogP contribution is 2.42. The minimum Gasteiger partial charge on any atom is -0.330 e. The molecule has 0 aliphatic heterocycles. The number of hydrogen-bond acceptors (Lipinski definition) is 3. The van der Waals surface area contributed by atoms with Crippen molar-refractivity contribution in [3.05, 3.63) is 11.6 Å². The van der Waals surface area contributed by atoms with E-state index < -0.39 is 0 Å².